The number of nitrogens with one attached hydrogen (secondary N) is 2. The van der Waals surface area contributed by atoms with Crippen LogP contribution in [0.2, 0.25) is 0 Å². The van der Waals surface area contributed by atoms with E-state index in [1.807, 2.05) is 6.92 Å². The van der Waals surface area contributed by atoms with Crippen LogP contribution in [0.25, 0.3) is 0 Å². The number of ether oxygens (including phenoxy) is 1. The number of nitrogens with two attached hydrogens (primary N) is 1. The highest BCUT2D eigenvalue weighted by Gasteiger charge is 2.28. The van der Waals surface area contributed by atoms with Gasteiger partial charge in [-0.25, -0.2) is 13.6 Å². The van der Waals surface area contributed by atoms with Gasteiger partial charge in [0.05, 0.1) is 12.3 Å². The molecule has 1 unspecified atom stereocenters. The van der Waals surface area contributed by atoms with E-state index in [4.69, 9.17) is 9.88 Å². The summed E-state index contributed by atoms with van der Waals surface area (Å²) < 4.78 is 28.4. The van der Waals surface area contributed by atoms with Crippen molar-refractivity contribution in [3.8, 4) is 0 Å². The molecule has 0 saturated heterocycles. The molecule has 0 fully saturated rings. The van der Waals surface area contributed by atoms with E-state index in [1.165, 1.54) is 0 Å². The molecule has 21 heavy (non-hydrogen) atoms. The predicted molar refractivity (Wildman–Crippen MR) is 77.4 cm³/mol. The zero-order valence-corrected chi connectivity index (χ0v) is 13.5. The molecule has 0 aliphatic rings. The van der Waals surface area contributed by atoms with Gasteiger partial charge in [0.1, 0.15) is 4.90 Å². The van der Waals surface area contributed by atoms with E-state index in [1.54, 1.807) is 21.0 Å². The normalized spacial score (nSPS) is 13.4. The maximum absolute atomic E-state index is 12.1. The first-order valence-corrected chi connectivity index (χ1v) is 8.11. The second-order valence-corrected chi connectivity index (χ2v) is 6.78. The highest BCUT2D eigenvalue weighted by Crippen LogP contribution is 2.23. The molecule has 4 N–H and O–H groups in total. The first kappa shape index (κ1) is 17.6. The average molecular weight is 318 g/mol. The van der Waals surface area contributed by atoms with Gasteiger partial charge in [0.25, 0.3) is 5.91 Å². The summed E-state index contributed by atoms with van der Waals surface area (Å²) in [5.74, 6) is -0.634. The van der Waals surface area contributed by atoms with E-state index in [0.717, 1.165) is 0 Å². The maximum atomic E-state index is 12.1. The van der Waals surface area contributed by atoms with Crippen molar-refractivity contribution in [2.75, 3.05) is 20.3 Å². The SMILES string of the molecule is COCC(C)CNC(=O)c1n[nH]c(C(C)C)c1S(N)(=O)=O. The first-order chi connectivity index (χ1) is 9.68. The topological polar surface area (TPSA) is 127 Å². The number of H-pyrrole nitrogens is 1. The lowest BCUT2D eigenvalue weighted by molar-refractivity contribution is 0.0926. The van der Waals surface area contributed by atoms with Crippen molar-refractivity contribution in [2.24, 2.45) is 11.1 Å². The van der Waals surface area contributed by atoms with Crippen molar-refractivity contribution < 1.29 is 17.9 Å². The summed E-state index contributed by atoms with van der Waals surface area (Å²) in [5.41, 5.74) is 0.124. The van der Waals surface area contributed by atoms with Crippen molar-refractivity contribution in [2.45, 2.75) is 31.6 Å². The molecule has 0 aromatic carbocycles. The zero-order chi connectivity index (χ0) is 16.2. The number of hydrogen-bond donors (Lipinski definition) is 3. The van der Waals surface area contributed by atoms with Gasteiger partial charge < -0.3 is 10.1 Å². The highest BCUT2D eigenvalue weighted by atomic mass is 32.2. The smallest absolute Gasteiger partial charge is 0.273 e. The Morgan fingerprint density at radius 3 is 2.52 bits per heavy atom. The molecule has 1 atom stereocenters. The molecular formula is C12H22N4O4S. The quantitative estimate of drug-likeness (QED) is 0.661. The summed E-state index contributed by atoms with van der Waals surface area (Å²) in [6.07, 6.45) is 0. The molecule has 1 heterocycles. The molecule has 1 aromatic heterocycles. The van der Waals surface area contributed by atoms with Crippen LogP contribution in [0.4, 0.5) is 0 Å². The molecule has 0 radical (unpaired) electrons. The number of methoxy groups -OCH3 is 1. The van der Waals surface area contributed by atoms with Crippen LogP contribution in [0.1, 0.15) is 42.9 Å². The first-order valence-electron chi connectivity index (χ1n) is 6.56. The molecule has 1 amide bonds. The minimum atomic E-state index is -4.04. The molecule has 1 aromatic rings. The van der Waals surface area contributed by atoms with Crippen molar-refractivity contribution in [1.29, 1.82) is 0 Å². The molecule has 1 rings (SSSR count). The van der Waals surface area contributed by atoms with E-state index in [2.05, 4.69) is 15.5 Å². The Bertz CT molecular complexity index is 594. The number of amides is 1. The Morgan fingerprint density at radius 2 is 2.05 bits per heavy atom. The molecule has 0 aliphatic heterocycles. The molecule has 120 valence electrons. The van der Waals surface area contributed by atoms with Crippen LogP contribution in [-0.4, -0.2) is 44.8 Å². The number of hydrogen-bond acceptors (Lipinski definition) is 5. The molecule has 0 bridgehead atoms. The fraction of sp³-hybridized carbons (Fsp3) is 0.667. The Balaban J connectivity index is 3.00. The fourth-order valence-corrected chi connectivity index (χ4v) is 2.87. The van der Waals surface area contributed by atoms with Gasteiger partial charge in [-0.3, -0.25) is 9.89 Å². The van der Waals surface area contributed by atoms with Crippen molar-refractivity contribution in [3.63, 3.8) is 0 Å². The van der Waals surface area contributed by atoms with Gasteiger partial charge in [-0.15, -0.1) is 0 Å². The van der Waals surface area contributed by atoms with Crippen LogP contribution in [0.15, 0.2) is 4.90 Å². The number of carbonyl (C=O) groups is 1. The molecule has 9 heteroatoms. The minimum Gasteiger partial charge on any atom is -0.384 e. The third kappa shape index (κ3) is 4.51. The number of primary sulfonamides is 1. The van der Waals surface area contributed by atoms with Gasteiger partial charge in [-0.05, 0) is 11.8 Å². The fourth-order valence-electron chi connectivity index (χ4n) is 1.87. The monoisotopic (exact) mass is 318 g/mol. The van der Waals surface area contributed by atoms with Crippen LogP contribution >= 0.6 is 0 Å². The second kappa shape index (κ2) is 7.01. The van der Waals surface area contributed by atoms with Gasteiger partial charge in [0.15, 0.2) is 5.69 Å². The number of aromatic nitrogens is 2. The van der Waals surface area contributed by atoms with Crippen LogP contribution < -0.4 is 10.5 Å². The largest absolute Gasteiger partial charge is 0.384 e. The number of nitrogens with zero attached hydrogens (tertiary/aromatic N) is 1. The lowest BCUT2D eigenvalue weighted by Gasteiger charge is -2.11. The summed E-state index contributed by atoms with van der Waals surface area (Å²) in [4.78, 5) is 11.9. The summed E-state index contributed by atoms with van der Waals surface area (Å²) in [6.45, 7) is 6.30. The van der Waals surface area contributed by atoms with Crippen molar-refractivity contribution >= 4 is 15.9 Å². The van der Waals surface area contributed by atoms with Gasteiger partial charge in [0.2, 0.25) is 10.0 Å². The van der Waals surface area contributed by atoms with Gasteiger partial charge in [-0.1, -0.05) is 20.8 Å². The molecular weight excluding hydrogens is 296 g/mol. The Hall–Kier alpha value is -1.45. The van der Waals surface area contributed by atoms with Gasteiger partial charge in [0, 0.05) is 13.7 Å². The summed E-state index contributed by atoms with van der Waals surface area (Å²) in [7, 11) is -2.47. The van der Waals surface area contributed by atoms with Gasteiger partial charge >= 0.3 is 0 Å². The van der Waals surface area contributed by atoms with Crippen molar-refractivity contribution in [3.05, 3.63) is 11.4 Å². The highest BCUT2D eigenvalue weighted by molar-refractivity contribution is 7.89. The van der Waals surface area contributed by atoms with Gasteiger partial charge in [-0.2, -0.15) is 5.10 Å². The molecule has 0 aliphatic carbocycles. The zero-order valence-electron chi connectivity index (χ0n) is 12.6. The Labute approximate surface area is 124 Å². The summed E-state index contributed by atoms with van der Waals surface area (Å²) in [6, 6.07) is 0. The minimum absolute atomic E-state index is 0.0976. The number of sulfonamides is 1. The lowest BCUT2D eigenvalue weighted by atomic mass is 10.1. The molecule has 0 saturated carbocycles. The second-order valence-electron chi connectivity index (χ2n) is 5.29. The predicted octanol–water partition coefficient (Wildman–Crippen LogP) is 0.193. The van der Waals surface area contributed by atoms with Crippen LogP contribution in [0.5, 0.6) is 0 Å². The van der Waals surface area contributed by atoms with E-state index < -0.39 is 15.9 Å². The lowest BCUT2D eigenvalue weighted by Crippen LogP contribution is -2.31. The third-order valence-electron chi connectivity index (χ3n) is 2.89. The number of carbonyl (C=O) groups excluding carboxylic acids is 1. The van der Waals surface area contributed by atoms with Crippen LogP contribution in [0, 0.1) is 5.92 Å². The third-order valence-corrected chi connectivity index (χ3v) is 3.87. The number of rotatable bonds is 7. The Morgan fingerprint density at radius 1 is 1.43 bits per heavy atom. The van der Waals surface area contributed by atoms with E-state index >= 15 is 0 Å². The summed E-state index contributed by atoms with van der Waals surface area (Å²) in [5, 5.41) is 14.2. The standard InChI is InChI=1S/C12H22N4O4S/c1-7(2)9-11(21(13,18)19)10(16-15-9)12(17)14-5-8(3)6-20-4/h7-8H,5-6H2,1-4H3,(H,14,17)(H,15,16)(H2,13,18,19). The number of aromatic amines is 1. The molecule has 8 nitrogen and oxygen atoms in total. The average Bonchev–Trinajstić information content (AvgIpc) is 2.81. The van der Waals surface area contributed by atoms with E-state index in [-0.39, 0.29) is 22.4 Å². The van der Waals surface area contributed by atoms with E-state index in [0.29, 0.717) is 18.8 Å². The maximum Gasteiger partial charge on any atom is 0.273 e. The van der Waals surface area contributed by atoms with Crippen LogP contribution in [-0.2, 0) is 14.8 Å². The van der Waals surface area contributed by atoms with E-state index in [9.17, 15) is 13.2 Å². The molecule has 0 spiro atoms. The summed E-state index contributed by atoms with van der Waals surface area (Å²) >= 11 is 0. The van der Waals surface area contributed by atoms with Crippen LogP contribution in [0.3, 0.4) is 0 Å². The Kier molecular flexibility index (Phi) is 5.87. The van der Waals surface area contributed by atoms with Crippen molar-refractivity contribution in [1.82, 2.24) is 15.5 Å².